The Morgan fingerprint density at radius 3 is 2.00 bits per heavy atom. The number of rotatable bonds is 0. The van der Waals surface area contributed by atoms with E-state index in [0.29, 0.717) is 0 Å². The van der Waals surface area contributed by atoms with Crippen molar-refractivity contribution in [2.75, 3.05) is 0 Å². The molecule has 90 valence electrons. The molecule has 0 bridgehead atoms. The normalized spacial score (nSPS) is 87.0. The zero-order valence-corrected chi connectivity index (χ0v) is 10.1. The molecule has 1 N–H and O–H groups in total. The monoisotopic (exact) mass is 228 g/mol. The van der Waals surface area contributed by atoms with Crippen LogP contribution >= 0.6 is 0 Å². The summed E-state index contributed by atoms with van der Waals surface area (Å²) in [5.41, 5.74) is -0.103. The quantitative estimate of drug-likeness (QED) is 0.630. The fourth-order valence-electron chi connectivity index (χ4n) is 8.75. The Morgan fingerprint density at radius 2 is 1.35 bits per heavy atom. The predicted molar refractivity (Wildman–Crippen MR) is 61.8 cm³/mol. The van der Waals surface area contributed by atoms with E-state index in [1.807, 2.05) is 0 Å². The molecule has 0 aromatic rings. The Labute approximate surface area is 102 Å². The van der Waals surface area contributed by atoms with E-state index >= 15 is 0 Å². The van der Waals surface area contributed by atoms with Gasteiger partial charge in [-0.15, -0.1) is 0 Å². The Kier molecular flexibility index (Phi) is 0.933. The zero-order valence-electron chi connectivity index (χ0n) is 10.1. The number of hydrogen-bond donors (Lipinski definition) is 1. The van der Waals surface area contributed by atoms with Gasteiger partial charge in [0, 0.05) is 0 Å². The van der Waals surface area contributed by atoms with Crippen LogP contribution in [0.3, 0.4) is 0 Å². The molecule has 7 fully saturated rings. The maximum Gasteiger partial charge on any atom is 0.0745 e. The molecule has 7 rings (SSSR count). The second-order valence-electron chi connectivity index (χ2n) is 8.58. The lowest BCUT2D eigenvalue weighted by atomic mass is 9.12. The highest BCUT2D eigenvalue weighted by Gasteiger charge is 2.91. The minimum Gasteiger partial charge on any atom is -0.389 e. The van der Waals surface area contributed by atoms with Crippen LogP contribution in [0.1, 0.15) is 25.7 Å². The Morgan fingerprint density at radius 1 is 0.647 bits per heavy atom. The predicted octanol–water partition coefficient (Wildman–Crippen LogP) is 2.15. The maximum absolute atomic E-state index is 11.0. The molecule has 7 aliphatic rings. The Bertz CT molecular complexity index is 466. The summed E-state index contributed by atoms with van der Waals surface area (Å²) in [6, 6.07) is 0. The minimum atomic E-state index is -0.103. The lowest BCUT2D eigenvalue weighted by molar-refractivity contribution is -0.491. The second kappa shape index (κ2) is 1.94. The first-order chi connectivity index (χ1) is 8.33. The van der Waals surface area contributed by atoms with E-state index in [1.54, 1.807) is 12.8 Å². The van der Waals surface area contributed by atoms with Crippen molar-refractivity contribution in [2.45, 2.75) is 31.3 Å². The van der Waals surface area contributed by atoms with E-state index in [1.165, 1.54) is 24.7 Å². The maximum atomic E-state index is 11.0. The Hall–Kier alpha value is -0.0400. The largest absolute Gasteiger partial charge is 0.389 e. The van der Waals surface area contributed by atoms with Crippen molar-refractivity contribution in [2.24, 2.45) is 65.1 Å². The van der Waals surface area contributed by atoms with Crippen LogP contribution in [0.5, 0.6) is 0 Å². The third-order valence-corrected chi connectivity index (χ3v) is 9.29. The van der Waals surface area contributed by atoms with E-state index < -0.39 is 0 Å². The van der Waals surface area contributed by atoms with Gasteiger partial charge < -0.3 is 5.11 Å². The molecule has 7 aliphatic carbocycles. The fourth-order valence-corrected chi connectivity index (χ4v) is 8.75. The Balaban J connectivity index is 1.30. The summed E-state index contributed by atoms with van der Waals surface area (Å²) >= 11 is 0. The van der Waals surface area contributed by atoms with Gasteiger partial charge in [-0.2, -0.15) is 0 Å². The molecule has 0 saturated heterocycles. The van der Waals surface area contributed by atoms with Crippen LogP contribution in [0.4, 0.5) is 0 Å². The highest BCUT2D eigenvalue weighted by molar-refractivity contribution is 5.38. The molecule has 0 radical (unpaired) electrons. The molecule has 17 heavy (non-hydrogen) atoms. The summed E-state index contributed by atoms with van der Waals surface area (Å²) in [5, 5.41) is 11.0. The molecule has 0 aromatic carbocycles. The van der Waals surface area contributed by atoms with Crippen molar-refractivity contribution in [3.63, 3.8) is 0 Å². The second-order valence-corrected chi connectivity index (χ2v) is 8.58. The molecule has 0 aromatic heterocycles. The first kappa shape index (κ1) is 8.19. The number of aliphatic hydroxyl groups is 1. The highest BCUT2D eigenvalue weighted by atomic mass is 16.3. The number of hydrogen-bond acceptors (Lipinski definition) is 1. The smallest absolute Gasteiger partial charge is 0.0745 e. The van der Waals surface area contributed by atoms with E-state index in [9.17, 15) is 5.11 Å². The SMILES string of the molecule is O[C@]12C3CCC3C1C1C3C4C5CCC5C4C3C12. The summed E-state index contributed by atoms with van der Waals surface area (Å²) in [6.07, 6.45) is 5.92. The van der Waals surface area contributed by atoms with Crippen LogP contribution in [0.2, 0.25) is 0 Å². The molecule has 0 heterocycles. The van der Waals surface area contributed by atoms with E-state index in [-0.39, 0.29) is 5.60 Å². The van der Waals surface area contributed by atoms with Crippen LogP contribution < -0.4 is 0 Å². The first-order valence-corrected chi connectivity index (χ1v) is 8.06. The van der Waals surface area contributed by atoms with Gasteiger partial charge in [0.15, 0.2) is 0 Å². The molecular weight excluding hydrogens is 208 g/mol. The third-order valence-electron chi connectivity index (χ3n) is 9.29. The molecule has 7 saturated carbocycles. The van der Waals surface area contributed by atoms with Gasteiger partial charge in [-0.3, -0.25) is 0 Å². The summed E-state index contributed by atoms with van der Waals surface area (Å²) in [6.45, 7) is 0. The molecule has 12 atom stereocenters. The molecule has 0 aliphatic heterocycles. The van der Waals surface area contributed by atoms with Crippen molar-refractivity contribution in [1.29, 1.82) is 0 Å². The van der Waals surface area contributed by atoms with Crippen molar-refractivity contribution < 1.29 is 5.11 Å². The van der Waals surface area contributed by atoms with Gasteiger partial charge in [-0.25, -0.2) is 0 Å². The fraction of sp³-hybridized carbons (Fsp3) is 1.00. The van der Waals surface area contributed by atoms with Gasteiger partial charge >= 0.3 is 0 Å². The van der Waals surface area contributed by atoms with Gasteiger partial charge in [0.05, 0.1) is 5.60 Å². The van der Waals surface area contributed by atoms with Crippen molar-refractivity contribution >= 4 is 0 Å². The molecule has 1 heteroatoms. The zero-order chi connectivity index (χ0) is 10.7. The van der Waals surface area contributed by atoms with E-state index in [4.69, 9.17) is 0 Å². The lowest BCUT2D eigenvalue weighted by Gasteiger charge is -2.93. The van der Waals surface area contributed by atoms with Gasteiger partial charge in [0.1, 0.15) is 0 Å². The molecule has 11 unspecified atom stereocenters. The minimum absolute atomic E-state index is 0.103. The van der Waals surface area contributed by atoms with E-state index in [0.717, 1.165) is 53.3 Å². The number of fused-ring (bicyclic) bond motifs is 16. The highest BCUT2D eigenvalue weighted by Crippen LogP contribution is 2.91. The average Bonchev–Trinajstić information content (AvgIpc) is 2.21. The van der Waals surface area contributed by atoms with E-state index in [2.05, 4.69) is 0 Å². The molecule has 0 spiro atoms. The van der Waals surface area contributed by atoms with Gasteiger partial charge in [0.25, 0.3) is 0 Å². The lowest BCUT2D eigenvalue weighted by Crippen LogP contribution is -2.94. The van der Waals surface area contributed by atoms with Crippen LogP contribution in [-0.4, -0.2) is 10.7 Å². The van der Waals surface area contributed by atoms with Crippen LogP contribution in [0.25, 0.3) is 0 Å². The summed E-state index contributed by atoms with van der Waals surface area (Å²) in [5.74, 6) is 11.1. The van der Waals surface area contributed by atoms with Gasteiger partial charge in [-0.05, 0) is 90.8 Å². The summed E-state index contributed by atoms with van der Waals surface area (Å²) in [4.78, 5) is 0. The van der Waals surface area contributed by atoms with Crippen molar-refractivity contribution in [3.8, 4) is 0 Å². The van der Waals surface area contributed by atoms with Crippen LogP contribution in [0, 0.1) is 65.1 Å². The molecule has 1 nitrogen and oxygen atoms in total. The average molecular weight is 228 g/mol. The van der Waals surface area contributed by atoms with Crippen LogP contribution in [-0.2, 0) is 0 Å². The standard InChI is InChI=1S/C16H20O/c17-16-8-4-3-7(8)14(16)13-11-9-5-1-2-6(5)10(9)12(11)15(13)16/h5-15,17H,1-4H2/t5?,6?,7?,8?,9?,10?,11?,12?,13?,14?,15?,16-/m1/s1. The van der Waals surface area contributed by atoms with Gasteiger partial charge in [0.2, 0.25) is 0 Å². The summed E-state index contributed by atoms with van der Waals surface area (Å²) < 4.78 is 0. The topological polar surface area (TPSA) is 20.2 Å². The molecule has 0 amide bonds. The van der Waals surface area contributed by atoms with Crippen molar-refractivity contribution in [1.82, 2.24) is 0 Å². The van der Waals surface area contributed by atoms with Crippen LogP contribution in [0.15, 0.2) is 0 Å². The summed E-state index contributed by atoms with van der Waals surface area (Å²) in [7, 11) is 0. The first-order valence-electron chi connectivity index (χ1n) is 8.06. The van der Waals surface area contributed by atoms with Gasteiger partial charge in [-0.1, -0.05) is 0 Å². The molecular formula is C16H20O. The van der Waals surface area contributed by atoms with Crippen molar-refractivity contribution in [3.05, 3.63) is 0 Å². The third kappa shape index (κ3) is 0.486.